The van der Waals surface area contributed by atoms with Gasteiger partial charge < -0.3 is 10.6 Å². The summed E-state index contributed by atoms with van der Waals surface area (Å²) in [5.41, 5.74) is 1.23. The van der Waals surface area contributed by atoms with Gasteiger partial charge in [-0.1, -0.05) is 44.2 Å². The zero-order valence-corrected chi connectivity index (χ0v) is 11.6. The summed E-state index contributed by atoms with van der Waals surface area (Å²) in [5.74, 6) is 2.86. The first-order chi connectivity index (χ1) is 9.19. The largest absolute Gasteiger partial charge is 0.373 e. The maximum atomic E-state index is 4.53. The van der Waals surface area contributed by atoms with Crippen LogP contribution >= 0.6 is 0 Å². The van der Waals surface area contributed by atoms with E-state index in [-0.39, 0.29) is 0 Å². The van der Waals surface area contributed by atoms with Crippen LogP contribution in [-0.4, -0.2) is 17.0 Å². The summed E-state index contributed by atoms with van der Waals surface area (Å²) in [7, 11) is 1.87. The first-order valence-electron chi connectivity index (χ1n) is 6.53. The van der Waals surface area contributed by atoms with Crippen LogP contribution in [0.15, 0.2) is 36.4 Å². The molecule has 0 radical (unpaired) electrons. The van der Waals surface area contributed by atoms with Crippen molar-refractivity contribution in [1.29, 1.82) is 0 Å². The molecular formula is C15H20N4. The van der Waals surface area contributed by atoms with Gasteiger partial charge in [-0.3, -0.25) is 0 Å². The molecule has 0 aliphatic heterocycles. The number of anilines is 2. The van der Waals surface area contributed by atoms with Crippen molar-refractivity contribution >= 4 is 11.6 Å². The van der Waals surface area contributed by atoms with Gasteiger partial charge in [0.1, 0.15) is 17.5 Å². The number of nitrogens with one attached hydrogen (secondary N) is 2. The summed E-state index contributed by atoms with van der Waals surface area (Å²) in [6.45, 7) is 4.95. The quantitative estimate of drug-likeness (QED) is 0.862. The molecule has 0 fully saturated rings. The lowest BCUT2D eigenvalue weighted by atomic mass is 10.2. The van der Waals surface area contributed by atoms with Gasteiger partial charge in [0.05, 0.1) is 0 Å². The lowest BCUT2D eigenvalue weighted by Crippen LogP contribution is -2.07. The van der Waals surface area contributed by atoms with Gasteiger partial charge in [0, 0.05) is 25.6 Å². The minimum absolute atomic E-state index is 0.311. The van der Waals surface area contributed by atoms with Crippen molar-refractivity contribution in [3.63, 3.8) is 0 Å². The van der Waals surface area contributed by atoms with Gasteiger partial charge in [-0.05, 0) is 5.56 Å². The first-order valence-corrected chi connectivity index (χ1v) is 6.53. The molecule has 0 atom stereocenters. The van der Waals surface area contributed by atoms with Gasteiger partial charge >= 0.3 is 0 Å². The number of hydrogen-bond donors (Lipinski definition) is 2. The van der Waals surface area contributed by atoms with E-state index in [2.05, 4.69) is 46.6 Å². The van der Waals surface area contributed by atoms with Gasteiger partial charge in [-0.15, -0.1) is 0 Å². The maximum Gasteiger partial charge on any atom is 0.135 e. The lowest BCUT2D eigenvalue weighted by Gasteiger charge is -2.11. The van der Waals surface area contributed by atoms with E-state index >= 15 is 0 Å². The van der Waals surface area contributed by atoms with E-state index in [1.54, 1.807) is 0 Å². The van der Waals surface area contributed by atoms with Gasteiger partial charge in [-0.2, -0.15) is 0 Å². The molecule has 0 saturated heterocycles. The van der Waals surface area contributed by atoms with E-state index < -0.39 is 0 Å². The Morgan fingerprint density at radius 3 is 2.37 bits per heavy atom. The number of benzene rings is 1. The summed E-state index contributed by atoms with van der Waals surface area (Å²) >= 11 is 0. The van der Waals surface area contributed by atoms with Crippen molar-refractivity contribution in [2.24, 2.45) is 0 Å². The van der Waals surface area contributed by atoms with Crippen LogP contribution in [0.4, 0.5) is 11.6 Å². The first kappa shape index (κ1) is 13.3. The average molecular weight is 256 g/mol. The molecule has 0 amide bonds. The predicted octanol–water partition coefficient (Wildman–Crippen LogP) is 3.25. The second-order valence-corrected chi connectivity index (χ2v) is 4.74. The topological polar surface area (TPSA) is 49.8 Å². The zero-order valence-electron chi connectivity index (χ0n) is 11.6. The third-order valence-corrected chi connectivity index (χ3v) is 2.83. The van der Waals surface area contributed by atoms with Crippen LogP contribution in [0.1, 0.15) is 31.2 Å². The Morgan fingerprint density at radius 2 is 1.74 bits per heavy atom. The monoisotopic (exact) mass is 256 g/mol. The van der Waals surface area contributed by atoms with Crippen molar-refractivity contribution in [3.05, 3.63) is 47.8 Å². The highest BCUT2D eigenvalue weighted by Crippen LogP contribution is 2.17. The fourth-order valence-corrected chi connectivity index (χ4v) is 1.73. The number of aromatic nitrogens is 2. The zero-order chi connectivity index (χ0) is 13.7. The number of rotatable bonds is 5. The van der Waals surface area contributed by atoms with Crippen molar-refractivity contribution in [2.45, 2.75) is 26.3 Å². The second-order valence-electron chi connectivity index (χ2n) is 4.74. The molecule has 0 unspecified atom stereocenters. The highest BCUT2D eigenvalue weighted by molar-refractivity contribution is 5.47. The van der Waals surface area contributed by atoms with Crippen molar-refractivity contribution < 1.29 is 0 Å². The Balaban J connectivity index is 2.13. The van der Waals surface area contributed by atoms with E-state index in [0.29, 0.717) is 5.92 Å². The maximum absolute atomic E-state index is 4.53. The fraction of sp³-hybridized carbons (Fsp3) is 0.333. The van der Waals surface area contributed by atoms with Crippen molar-refractivity contribution in [3.8, 4) is 0 Å². The molecule has 1 heterocycles. The minimum Gasteiger partial charge on any atom is -0.373 e. The average Bonchev–Trinajstić information content (AvgIpc) is 2.45. The Kier molecular flexibility index (Phi) is 4.34. The molecule has 1 aromatic heterocycles. The van der Waals surface area contributed by atoms with Gasteiger partial charge in [0.25, 0.3) is 0 Å². The van der Waals surface area contributed by atoms with E-state index in [4.69, 9.17) is 0 Å². The summed E-state index contributed by atoms with van der Waals surface area (Å²) < 4.78 is 0. The van der Waals surface area contributed by atoms with Crippen molar-refractivity contribution in [1.82, 2.24) is 9.97 Å². The van der Waals surface area contributed by atoms with Crippen LogP contribution < -0.4 is 10.6 Å². The Labute approximate surface area is 114 Å². The van der Waals surface area contributed by atoms with E-state index in [1.165, 1.54) is 5.56 Å². The highest BCUT2D eigenvalue weighted by Gasteiger charge is 2.07. The fourth-order valence-electron chi connectivity index (χ4n) is 1.73. The standard InChI is InChI=1S/C15H20N4/c1-11(2)15-18-13(16-3)9-14(19-15)17-10-12-7-5-4-6-8-12/h4-9,11H,10H2,1-3H3,(H2,16,17,18,19). The van der Waals surface area contributed by atoms with Crippen molar-refractivity contribution in [2.75, 3.05) is 17.7 Å². The van der Waals surface area contributed by atoms with Gasteiger partial charge in [0.15, 0.2) is 0 Å². The lowest BCUT2D eigenvalue weighted by molar-refractivity contribution is 0.776. The summed E-state index contributed by atoms with van der Waals surface area (Å²) in [6.07, 6.45) is 0. The highest BCUT2D eigenvalue weighted by atomic mass is 15.1. The molecule has 2 aromatic rings. The van der Waals surface area contributed by atoms with E-state index in [9.17, 15) is 0 Å². The predicted molar refractivity (Wildman–Crippen MR) is 79.4 cm³/mol. The number of nitrogens with zero attached hydrogens (tertiary/aromatic N) is 2. The van der Waals surface area contributed by atoms with Crippen LogP contribution in [0.5, 0.6) is 0 Å². The van der Waals surface area contributed by atoms with Crippen LogP contribution in [0.2, 0.25) is 0 Å². The molecule has 4 nitrogen and oxygen atoms in total. The van der Waals surface area contributed by atoms with Crippen LogP contribution in [0, 0.1) is 0 Å². The number of hydrogen-bond acceptors (Lipinski definition) is 4. The third-order valence-electron chi connectivity index (χ3n) is 2.83. The molecule has 4 heteroatoms. The van der Waals surface area contributed by atoms with Crippen LogP contribution in [0.3, 0.4) is 0 Å². The molecular weight excluding hydrogens is 236 g/mol. The molecule has 2 N–H and O–H groups in total. The van der Waals surface area contributed by atoms with Crippen LogP contribution in [0.25, 0.3) is 0 Å². The second kappa shape index (κ2) is 6.18. The molecule has 0 bridgehead atoms. The third kappa shape index (κ3) is 3.68. The minimum atomic E-state index is 0.311. The van der Waals surface area contributed by atoms with Crippen LogP contribution in [-0.2, 0) is 6.54 Å². The van der Waals surface area contributed by atoms with Gasteiger partial charge in [0.2, 0.25) is 0 Å². The Bertz CT molecular complexity index is 523. The molecule has 0 aliphatic carbocycles. The Hall–Kier alpha value is -2.10. The molecule has 0 saturated carbocycles. The molecule has 2 rings (SSSR count). The normalized spacial score (nSPS) is 10.5. The summed E-state index contributed by atoms with van der Waals surface area (Å²) in [5, 5.41) is 6.41. The molecule has 1 aromatic carbocycles. The van der Waals surface area contributed by atoms with E-state index in [1.807, 2.05) is 31.3 Å². The van der Waals surface area contributed by atoms with Gasteiger partial charge in [-0.25, -0.2) is 9.97 Å². The molecule has 100 valence electrons. The summed E-state index contributed by atoms with van der Waals surface area (Å²) in [4.78, 5) is 8.98. The SMILES string of the molecule is CNc1cc(NCc2ccccc2)nc(C(C)C)n1. The summed E-state index contributed by atoms with van der Waals surface area (Å²) in [6, 6.07) is 12.2. The molecule has 0 spiro atoms. The molecule has 0 aliphatic rings. The smallest absolute Gasteiger partial charge is 0.135 e. The van der Waals surface area contributed by atoms with E-state index in [0.717, 1.165) is 24.0 Å². The molecule has 19 heavy (non-hydrogen) atoms. The Morgan fingerprint density at radius 1 is 1.05 bits per heavy atom.